The van der Waals surface area contributed by atoms with Gasteiger partial charge in [-0.25, -0.2) is 4.79 Å². The quantitative estimate of drug-likeness (QED) is 0.0384. The fourth-order valence-corrected chi connectivity index (χ4v) is 8.92. The smallest absolute Gasteiger partial charge is 0.415 e. The molecule has 1 fully saturated rings. The van der Waals surface area contributed by atoms with Crippen LogP contribution in [0.2, 0.25) is 0 Å². The number of allylic oxidation sites excluding steroid dienone is 1. The highest BCUT2D eigenvalue weighted by Gasteiger charge is 2.65. The number of amides is 1. The average molecular weight is 856 g/mol. The number of nitro groups is 1. The molecule has 0 spiro atoms. The first kappa shape index (κ1) is 45.7. The van der Waals surface area contributed by atoms with Crippen molar-refractivity contribution in [2.75, 3.05) is 34.0 Å². The predicted octanol–water partition coefficient (Wildman–Crippen LogP) is 8.77. The molecule has 62 heavy (non-hydrogen) atoms. The van der Waals surface area contributed by atoms with Gasteiger partial charge in [0, 0.05) is 50.3 Å². The molecule has 3 aromatic carbocycles. The summed E-state index contributed by atoms with van der Waals surface area (Å²) in [6, 6.07) is 14.9. The second kappa shape index (κ2) is 20.0. The van der Waals surface area contributed by atoms with Crippen molar-refractivity contribution in [3.63, 3.8) is 0 Å². The normalized spacial score (nSPS) is 23.2. The first-order valence-electron chi connectivity index (χ1n) is 21.0. The molecule has 2 aliphatic carbocycles. The third-order valence-corrected chi connectivity index (χ3v) is 11.6. The molecule has 0 radical (unpaired) electrons. The Balaban J connectivity index is 1.55. The van der Waals surface area contributed by atoms with E-state index in [0.29, 0.717) is 53.4 Å². The molecule has 15 heteroatoms. The van der Waals surface area contributed by atoms with E-state index in [9.17, 15) is 29.9 Å². The number of aliphatic hydroxyl groups is 2. The molecule has 0 aromatic heterocycles. The van der Waals surface area contributed by atoms with Gasteiger partial charge in [0.2, 0.25) is 5.79 Å². The van der Waals surface area contributed by atoms with Crippen LogP contribution in [-0.4, -0.2) is 89.5 Å². The van der Waals surface area contributed by atoms with Gasteiger partial charge in [0.25, 0.3) is 5.69 Å². The van der Waals surface area contributed by atoms with Gasteiger partial charge < -0.3 is 43.6 Å². The lowest BCUT2D eigenvalue weighted by molar-refractivity contribution is -0.384. The fraction of sp³-hybridized carbons (Fsp3) is 0.468. The zero-order chi connectivity index (χ0) is 44.6. The molecule has 3 aliphatic rings. The average Bonchev–Trinajstić information content (AvgIpc) is 3.25. The summed E-state index contributed by atoms with van der Waals surface area (Å²) in [6.07, 6.45) is 8.19. The van der Waals surface area contributed by atoms with Gasteiger partial charge in [-0.2, -0.15) is 0 Å². The molecule has 15 nitrogen and oxygen atoms in total. The van der Waals surface area contributed by atoms with Crippen LogP contribution in [0.5, 0.6) is 28.7 Å². The van der Waals surface area contributed by atoms with Gasteiger partial charge in [0.15, 0.2) is 6.29 Å². The Morgan fingerprint density at radius 2 is 1.69 bits per heavy atom. The highest BCUT2D eigenvalue weighted by molar-refractivity contribution is 6.03. The summed E-state index contributed by atoms with van der Waals surface area (Å²) in [4.78, 5) is 44.5. The molecule has 1 heterocycles. The Bertz CT molecular complexity index is 2150. The molecule has 6 rings (SSSR count). The topological polar surface area (TPSA) is 189 Å². The largest absolute Gasteiger partial charge is 0.496 e. The number of carbonyl (C=O) groups excluding carboxylic acids is 2. The van der Waals surface area contributed by atoms with Crippen molar-refractivity contribution in [3.8, 4) is 28.7 Å². The van der Waals surface area contributed by atoms with E-state index < -0.39 is 34.4 Å². The van der Waals surface area contributed by atoms with Crippen LogP contribution in [0.25, 0.3) is 0 Å². The number of nitro benzene ring substituents is 1. The van der Waals surface area contributed by atoms with E-state index in [1.807, 2.05) is 32.9 Å². The number of aldehydes is 1. The number of methoxy groups -OCH3 is 1. The molecular weight excluding hydrogens is 799 g/mol. The summed E-state index contributed by atoms with van der Waals surface area (Å²) in [5.41, 5.74) is 1.83. The molecule has 1 saturated carbocycles. The lowest BCUT2D eigenvalue weighted by Gasteiger charge is -2.59. The first-order valence-corrected chi connectivity index (χ1v) is 21.0. The van der Waals surface area contributed by atoms with Crippen LogP contribution in [0.15, 0.2) is 90.1 Å². The molecule has 2 N–H and O–H groups in total. The SMILES string of the molecule is C=CCOC12Oc3ccc(Oc4ccc(OC)c(C=O)c4)cc3C3C(CCCCO)C(CCCCO)C=C(C(=NOC(C)(C)C)CC1N(C)C(=O)Oc1ccc([N+](=O)[O-])cc1)C32. The van der Waals surface area contributed by atoms with Gasteiger partial charge in [-0.3, -0.25) is 14.9 Å². The summed E-state index contributed by atoms with van der Waals surface area (Å²) in [7, 11) is 3.09. The van der Waals surface area contributed by atoms with Crippen molar-refractivity contribution in [2.24, 2.45) is 22.9 Å². The Labute approximate surface area is 362 Å². The maximum Gasteiger partial charge on any atom is 0.415 e. The molecule has 1 amide bonds. The number of rotatable bonds is 19. The van der Waals surface area contributed by atoms with E-state index in [-0.39, 0.29) is 55.4 Å². The van der Waals surface area contributed by atoms with Crippen LogP contribution < -0.4 is 18.9 Å². The van der Waals surface area contributed by atoms with Gasteiger partial charge in [-0.1, -0.05) is 30.1 Å². The Morgan fingerprint density at radius 1 is 1.02 bits per heavy atom. The number of unbranched alkanes of at least 4 members (excludes halogenated alkanes) is 2. The maximum absolute atomic E-state index is 14.2. The number of oxime groups is 1. The highest BCUT2D eigenvalue weighted by atomic mass is 16.7. The number of nitrogens with zero attached hydrogens (tertiary/aromatic N) is 3. The Kier molecular flexibility index (Phi) is 14.7. The number of hydrogen-bond acceptors (Lipinski definition) is 13. The molecule has 332 valence electrons. The highest BCUT2D eigenvalue weighted by Crippen LogP contribution is 2.62. The lowest BCUT2D eigenvalue weighted by atomic mass is 9.55. The summed E-state index contributed by atoms with van der Waals surface area (Å²) in [6.45, 7) is 9.82. The zero-order valence-electron chi connectivity index (χ0n) is 36.0. The second-order valence-corrected chi connectivity index (χ2v) is 16.8. The van der Waals surface area contributed by atoms with E-state index in [2.05, 4.69) is 12.7 Å². The second-order valence-electron chi connectivity index (χ2n) is 16.8. The fourth-order valence-electron chi connectivity index (χ4n) is 8.92. The minimum Gasteiger partial charge on any atom is -0.496 e. The molecule has 0 bridgehead atoms. The van der Waals surface area contributed by atoms with Crippen molar-refractivity contribution in [2.45, 2.75) is 89.1 Å². The molecule has 6 unspecified atom stereocenters. The Morgan fingerprint density at radius 3 is 2.34 bits per heavy atom. The summed E-state index contributed by atoms with van der Waals surface area (Å²) >= 11 is 0. The van der Waals surface area contributed by atoms with E-state index in [4.69, 9.17) is 33.7 Å². The van der Waals surface area contributed by atoms with Crippen molar-refractivity contribution in [1.82, 2.24) is 4.90 Å². The summed E-state index contributed by atoms with van der Waals surface area (Å²) in [5.74, 6) is -0.515. The number of likely N-dealkylation sites (N-methyl/N-ethyl adjacent to an activating group) is 1. The predicted molar refractivity (Wildman–Crippen MR) is 231 cm³/mol. The number of benzene rings is 3. The molecule has 0 saturated heterocycles. The number of hydrogen-bond donors (Lipinski definition) is 2. The van der Waals surface area contributed by atoms with Gasteiger partial charge in [0.1, 0.15) is 40.4 Å². The number of non-ortho nitro benzene ring substituents is 1. The maximum atomic E-state index is 14.2. The third kappa shape index (κ3) is 9.96. The van der Waals surface area contributed by atoms with Crippen LogP contribution in [0.4, 0.5) is 10.5 Å². The van der Waals surface area contributed by atoms with Crippen LogP contribution in [0, 0.1) is 27.9 Å². The monoisotopic (exact) mass is 855 g/mol. The molecular formula is C47H57N3O12. The van der Waals surface area contributed by atoms with Crippen molar-refractivity contribution >= 4 is 23.8 Å². The van der Waals surface area contributed by atoms with Gasteiger partial charge in [-0.15, -0.1) is 6.58 Å². The third-order valence-electron chi connectivity index (χ3n) is 11.6. The van der Waals surface area contributed by atoms with Gasteiger partial charge in [-0.05, 0) is 112 Å². The van der Waals surface area contributed by atoms with E-state index in [0.717, 1.165) is 36.8 Å². The minimum atomic E-state index is -1.54. The van der Waals surface area contributed by atoms with Crippen molar-refractivity contribution < 1.29 is 53.2 Å². The van der Waals surface area contributed by atoms with E-state index >= 15 is 0 Å². The van der Waals surface area contributed by atoms with Crippen LogP contribution >= 0.6 is 0 Å². The van der Waals surface area contributed by atoms with Crippen molar-refractivity contribution in [3.05, 3.63) is 106 Å². The number of fused-ring (bicyclic) bond motifs is 2. The minimum absolute atomic E-state index is 0.00192. The van der Waals surface area contributed by atoms with E-state index in [1.165, 1.54) is 36.3 Å². The van der Waals surface area contributed by atoms with Crippen LogP contribution in [-0.2, 0) is 9.57 Å². The van der Waals surface area contributed by atoms with E-state index in [1.54, 1.807) is 37.4 Å². The number of ether oxygens (including phenoxy) is 5. The Hall–Kier alpha value is -5.77. The molecule has 6 atom stereocenters. The lowest BCUT2D eigenvalue weighted by Crippen LogP contribution is -2.69. The van der Waals surface area contributed by atoms with Crippen molar-refractivity contribution in [1.29, 1.82) is 0 Å². The van der Waals surface area contributed by atoms with Gasteiger partial charge >= 0.3 is 6.09 Å². The van der Waals surface area contributed by atoms with Gasteiger partial charge in [0.05, 0.1) is 35.8 Å². The number of carbonyl (C=O) groups is 2. The summed E-state index contributed by atoms with van der Waals surface area (Å²) < 4.78 is 31.7. The standard InChI is InChI=1S/C47H57N3O12/c1-7-24-58-47-42(49(5)45(54)60-33-16-14-32(15-17-33)50(55)56)28-39(48-62-46(2,3)4)37-26-30(12-8-10-22-51)36(13-9-11-23-52)43(44(37)47)38-27-35(19-21-41(38)61-47)59-34-18-20-40(57-6)31(25-34)29-53/h7,14-21,25-27,29-30,36,42-44,51-52H,1,8-13,22-24,28H2,2-6H3. The number of aliphatic hydroxyl groups excluding tert-OH is 2. The molecule has 3 aromatic rings. The van der Waals surface area contributed by atoms with Crippen LogP contribution in [0.1, 0.15) is 87.6 Å². The van der Waals surface area contributed by atoms with Crippen LogP contribution in [0.3, 0.4) is 0 Å². The molecule has 1 aliphatic heterocycles. The first-order chi connectivity index (χ1) is 29.8. The summed E-state index contributed by atoms with van der Waals surface area (Å²) in [5, 5.41) is 35.9. The zero-order valence-corrected chi connectivity index (χ0v) is 36.0.